The lowest BCUT2D eigenvalue weighted by atomic mass is 9.69. The van der Waals surface area contributed by atoms with Crippen LogP contribution in [-0.2, 0) is 14.3 Å². The summed E-state index contributed by atoms with van der Waals surface area (Å²) >= 11 is 1.24. The summed E-state index contributed by atoms with van der Waals surface area (Å²) < 4.78 is 5.75. The van der Waals surface area contributed by atoms with Gasteiger partial charge in [0.05, 0.1) is 0 Å². The third-order valence-electron chi connectivity index (χ3n) is 5.36. The lowest BCUT2D eigenvalue weighted by Gasteiger charge is -2.53. The van der Waals surface area contributed by atoms with Crippen LogP contribution in [0.4, 0.5) is 0 Å². The molecule has 4 nitrogen and oxygen atoms in total. The summed E-state index contributed by atoms with van der Waals surface area (Å²) in [5.74, 6) is -1.06. The van der Waals surface area contributed by atoms with Crippen molar-refractivity contribution in [1.82, 2.24) is 0 Å². The minimum absolute atomic E-state index is 0.109. The molecule has 5 heteroatoms. The molecular formula is C14H18O4S. The van der Waals surface area contributed by atoms with Gasteiger partial charge in [-0.3, -0.25) is 0 Å². The van der Waals surface area contributed by atoms with Crippen LogP contribution in [0.1, 0.15) is 40.0 Å². The second kappa shape index (κ2) is 3.57. The molecular weight excluding hydrogens is 264 g/mol. The Bertz CT molecular complexity index is 503. The molecule has 3 aliphatic rings. The van der Waals surface area contributed by atoms with Gasteiger partial charge in [-0.2, -0.15) is 0 Å². The first-order valence-corrected chi connectivity index (χ1v) is 7.40. The maximum atomic E-state index is 11.9. The van der Waals surface area contributed by atoms with E-state index in [0.717, 1.165) is 25.3 Å². The zero-order chi connectivity index (χ0) is 14.1. The highest BCUT2D eigenvalue weighted by atomic mass is 32.2. The molecule has 0 radical (unpaired) electrons. The molecule has 2 unspecified atom stereocenters. The van der Waals surface area contributed by atoms with Gasteiger partial charge < -0.3 is 9.84 Å². The highest BCUT2D eigenvalue weighted by Crippen LogP contribution is 2.74. The Morgan fingerprint density at radius 1 is 1.47 bits per heavy atom. The first kappa shape index (κ1) is 13.0. The van der Waals surface area contributed by atoms with Gasteiger partial charge in [0.1, 0.15) is 4.91 Å². The van der Waals surface area contributed by atoms with Crippen molar-refractivity contribution >= 4 is 23.7 Å². The van der Waals surface area contributed by atoms with Gasteiger partial charge in [0, 0.05) is 16.9 Å². The van der Waals surface area contributed by atoms with E-state index in [-0.39, 0.29) is 15.7 Å². The van der Waals surface area contributed by atoms with E-state index in [2.05, 4.69) is 20.8 Å². The number of carboxylic acid groups (broad SMARTS) is 1. The van der Waals surface area contributed by atoms with Crippen molar-refractivity contribution in [1.29, 1.82) is 0 Å². The summed E-state index contributed by atoms with van der Waals surface area (Å²) in [5.41, 5.74) is -0.328. The lowest BCUT2D eigenvalue weighted by molar-refractivity contribution is -0.167. The van der Waals surface area contributed by atoms with Crippen molar-refractivity contribution < 1.29 is 19.4 Å². The SMILES string of the molecule is CC12CCC(C1)C(C)(C)[C@@]21OC(=O)C=C(C(=O)O)S1. The molecule has 104 valence electrons. The minimum Gasteiger partial charge on any atom is -0.477 e. The molecule has 2 aliphatic carbocycles. The largest absolute Gasteiger partial charge is 0.477 e. The number of aliphatic carboxylic acids is 1. The number of hydrogen-bond acceptors (Lipinski definition) is 4. The Morgan fingerprint density at radius 2 is 2.16 bits per heavy atom. The number of fused-ring (bicyclic) bond motifs is 3. The van der Waals surface area contributed by atoms with Crippen LogP contribution in [0.15, 0.2) is 11.0 Å². The Kier molecular flexibility index (Phi) is 2.45. The highest BCUT2D eigenvalue weighted by molar-refractivity contribution is 8.05. The van der Waals surface area contributed by atoms with Crippen LogP contribution in [0.25, 0.3) is 0 Å². The Balaban J connectivity index is 2.11. The fourth-order valence-electron chi connectivity index (χ4n) is 4.30. The zero-order valence-corrected chi connectivity index (χ0v) is 12.2. The summed E-state index contributed by atoms with van der Waals surface area (Å²) in [6.45, 7) is 6.34. The average molecular weight is 282 g/mol. The van der Waals surface area contributed by atoms with Crippen molar-refractivity contribution in [3.8, 4) is 0 Å². The number of carbonyl (C=O) groups is 2. The maximum absolute atomic E-state index is 11.9. The summed E-state index contributed by atoms with van der Waals surface area (Å²) in [6.07, 6.45) is 4.24. The standard InChI is InChI=1S/C14H18O4S/c1-12(2)8-4-5-13(3,7-8)14(12)18-10(15)6-9(19-14)11(16)17/h6,8H,4-5,7H2,1-3H3,(H,16,17)/t8?,13?,14-/m0/s1. The summed E-state index contributed by atoms with van der Waals surface area (Å²) in [7, 11) is 0. The topological polar surface area (TPSA) is 63.6 Å². The molecule has 2 saturated carbocycles. The zero-order valence-electron chi connectivity index (χ0n) is 11.4. The summed E-state index contributed by atoms with van der Waals surface area (Å²) in [4.78, 5) is 22.5. The van der Waals surface area contributed by atoms with E-state index in [0.29, 0.717) is 5.92 Å². The number of carboxylic acids is 1. The van der Waals surface area contributed by atoms with E-state index < -0.39 is 16.9 Å². The van der Waals surface area contributed by atoms with Gasteiger partial charge in [0.15, 0.2) is 4.93 Å². The average Bonchev–Trinajstić information content (AvgIpc) is 2.77. The predicted octanol–water partition coefficient (Wildman–Crippen LogP) is 2.79. The van der Waals surface area contributed by atoms with E-state index >= 15 is 0 Å². The van der Waals surface area contributed by atoms with E-state index in [1.165, 1.54) is 11.8 Å². The molecule has 0 saturated heterocycles. The van der Waals surface area contributed by atoms with Crippen LogP contribution in [0.3, 0.4) is 0 Å². The number of hydrogen-bond donors (Lipinski definition) is 1. The Labute approximate surface area is 116 Å². The van der Waals surface area contributed by atoms with Crippen LogP contribution < -0.4 is 0 Å². The lowest BCUT2D eigenvalue weighted by Crippen LogP contribution is -2.55. The van der Waals surface area contributed by atoms with Gasteiger partial charge in [0.2, 0.25) is 0 Å². The molecule has 3 rings (SSSR count). The molecule has 0 amide bonds. The molecule has 19 heavy (non-hydrogen) atoms. The fourth-order valence-corrected chi connectivity index (χ4v) is 5.84. The van der Waals surface area contributed by atoms with Crippen molar-refractivity contribution in [2.45, 2.75) is 45.0 Å². The molecule has 1 spiro atoms. The van der Waals surface area contributed by atoms with Gasteiger partial charge in [0.25, 0.3) is 0 Å². The number of carbonyl (C=O) groups excluding carboxylic acids is 1. The third-order valence-corrected chi connectivity index (χ3v) is 7.26. The molecule has 2 fully saturated rings. The summed E-state index contributed by atoms with van der Waals surface area (Å²) in [5, 5.41) is 9.23. The number of thioether (sulfide) groups is 1. The highest BCUT2D eigenvalue weighted by Gasteiger charge is 2.73. The fraction of sp³-hybridized carbons (Fsp3) is 0.714. The Hall–Kier alpha value is -0.970. The van der Waals surface area contributed by atoms with Gasteiger partial charge in [-0.05, 0) is 25.2 Å². The molecule has 3 atom stereocenters. The second-order valence-corrected chi connectivity index (χ2v) is 7.89. The number of esters is 1. The number of rotatable bonds is 1. The smallest absolute Gasteiger partial charge is 0.342 e. The van der Waals surface area contributed by atoms with Crippen LogP contribution in [-0.4, -0.2) is 22.0 Å². The van der Waals surface area contributed by atoms with Gasteiger partial charge in [-0.15, -0.1) is 0 Å². The van der Waals surface area contributed by atoms with Crippen LogP contribution in [0.2, 0.25) is 0 Å². The van der Waals surface area contributed by atoms with Gasteiger partial charge >= 0.3 is 11.9 Å². The van der Waals surface area contributed by atoms with Crippen LogP contribution in [0, 0.1) is 16.7 Å². The van der Waals surface area contributed by atoms with E-state index in [1.54, 1.807) is 0 Å². The first-order valence-electron chi connectivity index (χ1n) is 6.59. The molecule has 1 heterocycles. The first-order chi connectivity index (χ1) is 8.72. The molecule has 0 aromatic heterocycles. The van der Waals surface area contributed by atoms with Gasteiger partial charge in [-0.25, -0.2) is 9.59 Å². The van der Waals surface area contributed by atoms with E-state index in [9.17, 15) is 14.7 Å². The van der Waals surface area contributed by atoms with Gasteiger partial charge in [-0.1, -0.05) is 32.5 Å². The third kappa shape index (κ3) is 1.42. The molecule has 1 aliphatic heterocycles. The summed E-state index contributed by atoms with van der Waals surface area (Å²) in [6, 6.07) is 0. The monoisotopic (exact) mass is 282 g/mol. The quantitative estimate of drug-likeness (QED) is 0.749. The van der Waals surface area contributed by atoms with Crippen molar-refractivity contribution in [2.75, 3.05) is 0 Å². The second-order valence-electron chi connectivity index (χ2n) is 6.68. The van der Waals surface area contributed by atoms with Crippen LogP contribution in [0.5, 0.6) is 0 Å². The number of ether oxygens (including phenoxy) is 1. The molecule has 0 aromatic carbocycles. The van der Waals surface area contributed by atoms with E-state index in [4.69, 9.17) is 4.74 Å². The van der Waals surface area contributed by atoms with Crippen molar-refractivity contribution in [2.24, 2.45) is 16.7 Å². The maximum Gasteiger partial charge on any atom is 0.342 e. The van der Waals surface area contributed by atoms with Crippen molar-refractivity contribution in [3.05, 3.63) is 11.0 Å². The van der Waals surface area contributed by atoms with Crippen molar-refractivity contribution in [3.63, 3.8) is 0 Å². The molecule has 1 N–H and O–H groups in total. The van der Waals surface area contributed by atoms with Crippen LogP contribution >= 0.6 is 11.8 Å². The molecule has 0 aromatic rings. The predicted molar refractivity (Wildman–Crippen MR) is 71.4 cm³/mol. The minimum atomic E-state index is -1.04. The van der Waals surface area contributed by atoms with E-state index in [1.807, 2.05) is 0 Å². The molecule has 2 bridgehead atoms. The Morgan fingerprint density at radius 3 is 2.68 bits per heavy atom. The normalized spacial score (nSPS) is 43.2.